The van der Waals surface area contributed by atoms with Crippen molar-refractivity contribution in [3.8, 4) is 5.75 Å². The molecule has 2 N–H and O–H groups in total. The average molecular weight is 445 g/mol. The summed E-state index contributed by atoms with van der Waals surface area (Å²) in [4.78, 5) is 31.8. The van der Waals surface area contributed by atoms with E-state index in [1.807, 2.05) is 43.3 Å². The molecule has 0 unspecified atom stereocenters. The molecule has 0 aliphatic rings. The second-order valence-electron chi connectivity index (χ2n) is 6.97. The minimum atomic E-state index is -0.413. The number of H-pyrrole nitrogens is 1. The molecule has 4 rings (SSSR count). The van der Waals surface area contributed by atoms with Crippen molar-refractivity contribution in [3.63, 3.8) is 0 Å². The van der Waals surface area contributed by atoms with Crippen LogP contribution in [0.5, 0.6) is 5.75 Å². The molecule has 1 aromatic heterocycles. The van der Waals surface area contributed by atoms with Crippen LogP contribution in [0.1, 0.15) is 21.5 Å². The third-order valence-corrected chi connectivity index (χ3v) is 5.33. The van der Waals surface area contributed by atoms with Gasteiger partial charge in [-0.05, 0) is 61.0 Å². The van der Waals surface area contributed by atoms with E-state index in [1.165, 1.54) is 18.0 Å². The molecule has 160 valence electrons. The molecule has 0 aliphatic carbocycles. The van der Waals surface area contributed by atoms with Gasteiger partial charge in [0.2, 0.25) is 0 Å². The molecule has 0 saturated heterocycles. The topological polar surface area (TPSA) is 96.4 Å². The SMILES string of the molecule is Cc1cccc(C(=O)Oc2ccc(/C=N\NC(=O)CSc3nc4ccccc4[nH]3)cc2)c1. The minimum Gasteiger partial charge on any atom is -0.423 e. The number of para-hydroxylation sites is 2. The Bertz CT molecular complexity index is 1250. The molecular formula is C24H20N4O3S. The predicted octanol–water partition coefficient (Wildman–Crippen LogP) is 4.33. The zero-order valence-corrected chi connectivity index (χ0v) is 18.1. The summed E-state index contributed by atoms with van der Waals surface area (Å²) in [5.41, 5.74) is 6.53. The van der Waals surface area contributed by atoms with E-state index in [0.717, 1.165) is 22.2 Å². The lowest BCUT2D eigenvalue weighted by molar-refractivity contribution is -0.118. The molecule has 0 saturated carbocycles. The minimum absolute atomic E-state index is 0.186. The van der Waals surface area contributed by atoms with Gasteiger partial charge in [-0.3, -0.25) is 4.79 Å². The van der Waals surface area contributed by atoms with Crippen molar-refractivity contribution in [2.24, 2.45) is 5.10 Å². The number of imidazole rings is 1. The molecular weight excluding hydrogens is 424 g/mol. The number of hydrogen-bond acceptors (Lipinski definition) is 6. The van der Waals surface area contributed by atoms with Crippen LogP contribution in [0.3, 0.4) is 0 Å². The Morgan fingerprint density at radius 3 is 2.69 bits per heavy atom. The van der Waals surface area contributed by atoms with Gasteiger partial charge in [-0.15, -0.1) is 0 Å². The third-order valence-electron chi connectivity index (χ3n) is 4.45. The first-order valence-corrected chi connectivity index (χ1v) is 10.8. The van der Waals surface area contributed by atoms with Crippen LogP contribution in [0, 0.1) is 6.92 Å². The largest absolute Gasteiger partial charge is 0.423 e. The van der Waals surface area contributed by atoms with Gasteiger partial charge in [-0.1, -0.05) is 41.6 Å². The molecule has 0 fully saturated rings. The number of carbonyl (C=O) groups excluding carboxylic acids is 2. The van der Waals surface area contributed by atoms with Crippen LogP contribution in [-0.4, -0.2) is 33.8 Å². The summed E-state index contributed by atoms with van der Waals surface area (Å²) in [6.45, 7) is 1.92. The number of aryl methyl sites for hydroxylation is 1. The Morgan fingerprint density at radius 1 is 1.09 bits per heavy atom. The molecule has 7 nitrogen and oxygen atoms in total. The summed E-state index contributed by atoms with van der Waals surface area (Å²) in [5.74, 6) is -0.0370. The van der Waals surface area contributed by atoms with E-state index >= 15 is 0 Å². The van der Waals surface area contributed by atoms with Crippen LogP contribution in [0.4, 0.5) is 0 Å². The summed E-state index contributed by atoms with van der Waals surface area (Å²) >= 11 is 1.31. The predicted molar refractivity (Wildman–Crippen MR) is 125 cm³/mol. The van der Waals surface area contributed by atoms with Crippen LogP contribution in [-0.2, 0) is 4.79 Å². The molecule has 1 heterocycles. The van der Waals surface area contributed by atoms with Crippen molar-refractivity contribution in [1.29, 1.82) is 0 Å². The highest BCUT2D eigenvalue weighted by Crippen LogP contribution is 2.19. The van der Waals surface area contributed by atoms with Gasteiger partial charge in [-0.25, -0.2) is 15.2 Å². The number of carbonyl (C=O) groups is 2. The van der Waals surface area contributed by atoms with Crippen molar-refractivity contribution in [3.05, 3.63) is 89.5 Å². The smallest absolute Gasteiger partial charge is 0.343 e. The molecule has 3 aromatic carbocycles. The van der Waals surface area contributed by atoms with Crippen LogP contribution >= 0.6 is 11.8 Å². The lowest BCUT2D eigenvalue weighted by Gasteiger charge is -2.05. The summed E-state index contributed by atoms with van der Waals surface area (Å²) in [7, 11) is 0. The van der Waals surface area contributed by atoms with Crippen LogP contribution in [0.15, 0.2) is 83.1 Å². The average Bonchev–Trinajstić information content (AvgIpc) is 3.22. The number of aromatic nitrogens is 2. The standard InChI is InChI=1S/C24H20N4O3S/c1-16-5-4-6-18(13-16)23(30)31-19-11-9-17(10-12-19)14-25-28-22(29)15-32-24-26-20-7-2-3-8-21(20)27-24/h2-14H,15H2,1H3,(H,26,27)(H,28,29)/b25-14-. The number of fused-ring (bicyclic) bond motifs is 1. The molecule has 4 aromatic rings. The quantitative estimate of drug-likeness (QED) is 0.145. The van der Waals surface area contributed by atoms with Crippen molar-refractivity contribution in [1.82, 2.24) is 15.4 Å². The molecule has 0 bridgehead atoms. The number of aromatic amines is 1. The Kier molecular flexibility index (Phi) is 6.62. The molecule has 0 radical (unpaired) electrons. The van der Waals surface area contributed by atoms with E-state index in [1.54, 1.807) is 36.4 Å². The maximum absolute atomic E-state index is 12.2. The number of amides is 1. The highest BCUT2D eigenvalue weighted by Gasteiger charge is 2.09. The Hall–Kier alpha value is -3.91. The first kappa shape index (κ1) is 21.3. The zero-order chi connectivity index (χ0) is 22.3. The molecule has 1 amide bonds. The third kappa shape index (κ3) is 5.61. The fraction of sp³-hybridized carbons (Fsp3) is 0.0833. The van der Waals surface area contributed by atoms with Gasteiger partial charge in [0.25, 0.3) is 5.91 Å². The normalized spacial score (nSPS) is 11.0. The van der Waals surface area contributed by atoms with E-state index < -0.39 is 5.97 Å². The fourth-order valence-electron chi connectivity index (χ4n) is 2.90. The van der Waals surface area contributed by atoms with Crippen molar-refractivity contribution in [2.45, 2.75) is 12.1 Å². The van der Waals surface area contributed by atoms with Gasteiger partial charge in [-0.2, -0.15) is 5.10 Å². The van der Waals surface area contributed by atoms with Crippen molar-refractivity contribution < 1.29 is 14.3 Å². The van der Waals surface area contributed by atoms with Gasteiger partial charge in [0, 0.05) is 0 Å². The molecule has 0 aliphatic heterocycles. The summed E-state index contributed by atoms with van der Waals surface area (Å²) in [5, 5.41) is 4.65. The van der Waals surface area contributed by atoms with Gasteiger partial charge >= 0.3 is 5.97 Å². The van der Waals surface area contributed by atoms with E-state index in [2.05, 4.69) is 20.5 Å². The van der Waals surface area contributed by atoms with Gasteiger partial charge < -0.3 is 9.72 Å². The molecule has 0 spiro atoms. The lowest BCUT2D eigenvalue weighted by Crippen LogP contribution is -2.19. The second-order valence-corrected chi connectivity index (χ2v) is 7.93. The fourth-order valence-corrected chi connectivity index (χ4v) is 3.58. The number of ether oxygens (including phenoxy) is 1. The number of thioether (sulfide) groups is 1. The monoisotopic (exact) mass is 444 g/mol. The van der Waals surface area contributed by atoms with Crippen LogP contribution in [0.2, 0.25) is 0 Å². The summed E-state index contributed by atoms with van der Waals surface area (Å²) in [6.07, 6.45) is 1.52. The number of benzene rings is 3. The Labute approximate surface area is 188 Å². The molecule has 8 heteroatoms. The van der Waals surface area contributed by atoms with Crippen LogP contribution in [0.25, 0.3) is 11.0 Å². The number of esters is 1. The maximum Gasteiger partial charge on any atom is 0.343 e. The number of hydrogen-bond donors (Lipinski definition) is 2. The van der Waals surface area contributed by atoms with E-state index in [9.17, 15) is 9.59 Å². The number of nitrogens with zero attached hydrogens (tertiary/aromatic N) is 2. The lowest BCUT2D eigenvalue weighted by atomic mass is 10.1. The number of hydrazone groups is 1. The van der Waals surface area contributed by atoms with Crippen molar-refractivity contribution >= 4 is 40.9 Å². The first-order valence-electron chi connectivity index (χ1n) is 9.85. The van der Waals surface area contributed by atoms with E-state index in [-0.39, 0.29) is 11.7 Å². The summed E-state index contributed by atoms with van der Waals surface area (Å²) < 4.78 is 5.38. The Morgan fingerprint density at radius 2 is 1.91 bits per heavy atom. The van der Waals surface area contributed by atoms with Crippen LogP contribution < -0.4 is 10.2 Å². The highest BCUT2D eigenvalue weighted by molar-refractivity contribution is 7.99. The zero-order valence-electron chi connectivity index (χ0n) is 17.2. The maximum atomic E-state index is 12.2. The molecule has 0 atom stereocenters. The first-order chi connectivity index (χ1) is 15.6. The number of rotatable bonds is 7. The van der Waals surface area contributed by atoms with Gasteiger partial charge in [0.05, 0.1) is 28.6 Å². The summed E-state index contributed by atoms with van der Waals surface area (Å²) in [6, 6.07) is 21.8. The van der Waals surface area contributed by atoms with E-state index in [4.69, 9.17) is 4.74 Å². The molecule has 32 heavy (non-hydrogen) atoms. The number of nitrogens with one attached hydrogen (secondary N) is 2. The van der Waals surface area contributed by atoms with E-state index in [0.29, 0.717) is 16.5 Å². The van der Waals surface area contributed by atoms with Gasteiger partial charge in [0.1, 0.15) is 5.75 Å². The van der Waals surface area contributed by atoms with Crippen molar-refractivity contribution in [2.75, 3.05) is 5.75 Å². The second kappa shape index (κ2) is 9.93. The highest BCUT2D eigenvalue weighted by atomic mass is 32.2. The Balaban J connectivity index is 1.25. The van der Waals surface area contributed by atoms with Gasteiger partial charge in [0.15, 0.2) is 5.16 Å².